The molecule has 2 aromatic carbocycles. The quantitative estimate of drug-likeness (QED) is 0.688. The molecule has 0 atom stereocenters. The van der Waals surface area contributed by atoms with E-state index in [4.69, 9.17) is 26.1 Å². The lowest BCUT2D eigenvalue weighted by Crippen LogP contribution is -2.43. The maximum atomic E-state index is 12.4. The predicted octanol–water partition coefficient (Wildman–Crippen LogP) is 3.79. The van der Waals surface area contributed by atoms with E-state index in [0.29, 0.717) is 37.1 Å². The van der Waals surface area contributed by atoms with Gasteiger partial charge in [0.2, 0.25) is 0 Å². The smallest absolute Gasteiger partial charge is 0.260 e. The zero-order valence-corrected chi connectivity index (χ0v) is 15.5. The molecular formula is C21H19ClN2O3. The number of rotatable bonds is 4. The lowest BCUT2D eigenvalue weighted by Gasteiger charge is -2.26. The summed E-state index contributed by atoms with van der Waals surface area (Å²) in [7, 11) is 0. The van der Waals surface area contributed by atoms with E-state index in [0.717, 1.165) is 22.2 Å². The first-order valence-corrected chi connectivity index (χ1v) is 9.22. The van der Waals surface area contributed by atoms with Gasteiger partial charge in [0.1, 0.15) is 5.75 Å². The highest BCUT2D eigenvalue weighted by atomic mass is 35.5. The van der Waals surface area contributed by atoms with Crippen LogP contribution in [0.1, 0.15) is 0 Å². The monoisotopic (exact) mass is 382 g/mol. The van der Waals surface area contributed by atoms with Crippen LogP contribution in [0, 0.1) is 0 Å². The highest BCUT2D eigenvalue weighted by Gasteiger charge is 2.18. The van der Waals surface area contributed by atoms with Crippen molar-refractivity contribution < 1.29 is 14.3 Å². The van der Waals surface area contributed by atoms with Crippen LogP contribution in [0.5, 0.6) is 5.75 Å². The van der Waals surface area contributed by atoms with Crippen molar-refractivity contribution in [3.05, 3.63) is 59.6 Å². The Morgan fingerprint density at radius 1 is 1.11 bits per heavy atom. The summed E-state index contributed by atoms with van der Waals surface area (Å²) in [5.41, 5.74) is 2.46. The average molecular weight is 383 g/mol. The number of carbonyl (C=O) groups is 1. The van der Waals surface area contributed by atoms with Gasteiger partial charge < -0.3 is 14.4 Å². The molecule has 0 N–H and O–H groups in total. The molecule has 0 saturated carbocycles. The number of para-hydroxylation sites is 1. The number of nitrogens with zero attached hydrogens (tertiary/aromatic N) is 2. The Morgan fingerprint density at radius 3 is 2.74 bits per heavy atom. The molecule has 0 unspecified atom stereocenters. The minimum absolute atomic E-state index is 0.0109. The molecule has 1 aliphatic rings. The lowest BCUT2D eigenvalue weighted by molar-refractivity contribution is -0.137. The summed E-state index contributed by atoms with van der Waals surface area (Å²) in [6.07, 6.45) is 0. The Labute approximate surface area is 162 Å². The summed E-state index contributed by atoms with van der Waals surface area (Å²) in [5.74, 6) is 0.598. The molecule has 27 heavy (non-hydrogen) atoms. The lowest BCUT2D eigenvalue weighted by atomic mass is 10.1. The van der Waals surface area contributed by atoms with E-state index in [2.05, 4.69) is 0 Å². The third-order valence-corrected chi connectivity index (χ3v) is 4.75. The van der Waals surface area contributed by atoms with E-state index in [9.17, 15) is 4.79 Å². The molecule has 1 aliphatic heterocycles. The molecule has 4 rings (SSSR count). The fourth-order valence-corrected chi connectivity index (χ4v) is 3.29. The number of carbonyl (C=O) groups excluding carboxylic acids is 1. The van der Waals surface area contributed by atoms with Crippen LogP contribution in [0.15, 0.2) is 54.6 Å². The number of benzene rings is 2. The van der Waals surface area contributed by atoms with E-state index in [-0.39, 0.29) is 12.5 Å². The number of amides is 1. The Morgan fingerprint density at radius 2 is 1.93 bits per heavy atom. The zero-order valence-electron chi connectivity index (χ0n) is 14.7. The van der Waals surface area contributed by atoms with Gasteiger partial charge in [-0.2, -0.15) is 0 Å². The van der Waals surface area contributed by atoms with Gasteiger partial charge in [0, 0.05) is 35.1 Å². The van der Waals surface area contributed by atoms with Crippen LogP contribution < -0.4 is 4.74 Å². The van der Waals surface area contributed by atoms with E-state index < -0.39 is 0 Å². The van der Waals surface area contributed by atoms with Crippen molar-refractivity contribution in [2.75, 3.05) is 32.9 Å². The van der Waals surface area contributed by atoms with Crippen molar-refractivity contribution in [2.24, 2.45) is 0 Å². The normalized spacial score (nSPS) is 14.3. The second-order valence-electron chi connectivity index (χ2n) is 6.31. The number of pyridine rings is 1. The van der Waals surface area contributed by atoms with E-state index in [1.807, 2.05) is 54.6 Å². The molecule has 2 heterocycles. The van der Waals surface area contributed by atoms with Gasteiger partial charge in [-0.25, -0.2) is 4.98 Å². The topological polar surface area (TPSA) is 51.7 Å². The van der Waals surface area contributed by atoms with Crippen LogP contribution >= 0.6 is 11.6 Å². The van der Waals surface area contributed by atoms with Gasteiger partial charge >= 0.3 is 0 Å². The fourth-order valence-electron chi connectivity index (χ4n) is 3.10. The molecule has 5 nitrogen and oxygen atoms in total. The molecule has 138 valence electrons. The number of hydrogen-bond donors (Lipinski definition) is 0. The Bertz CT molecular complexity index is 971. The molecular weight excluding hydrogens is 364 g/mol. The van der Waals surface area contributed by atoms with Crippen molar-refractivity contribution in [3.8, 4) is 17.0 Å². The maximum Gasteiger partial charge on any atom is 0.260 e. The predicted molar refractivity (Wildman–Crippen MR) is 105 cm³/mol. The number of hydrogen-bond acceptors (Lipinski definition) is 4. The molecule has 6 heteroatoms. The first kappa shape index (κ1) is 17.8. The second kappa shape index (κ2) is 7.94. The summed E-state index contributed by atoms with van der Waals surface area (Å²) >= 11 is 6.12. The van der Waals surface area contributed by atoms with Crippen molar-refractivity contribution in [1.82, 2.24) is 9.88 Å². The van der Waals surface area contributed by atoms with E-state index >= 15 is 0 Å². The molecule has 1 aromatic heterocycles. The standard InChI is InChI=1S/C21H19ClN2O3/c22-16-5-3-4-15(12-16)19-13-20(17-6-1-2-7-18(17)23-19)27-14-21(25)24-8-10-26-11-9-24/h1-7,12-13H,8-11,14H2. The van der Waals surface area contributed by atoms with E-state index in [1.54, 1.807) is 4.90 Å². The summed E-state index contributed by atoms with van der Waals surface area (Å²) in [6, 6.07) is 17.1. The Hall–Kier alpha value is -2.63. The highest BCUT2D eigenvalue weighted by Crippen LogP contribution is 2.31. The van der Waals surface area contributed by atoms with Crippen LogP contribution in [0.4, 0.5) is 0 Å². The number of halogens is 1. The highest BCUT2D eigenvalue weighted by molar-refractivity contribution is 6.30. The molecule has 0 radical (unpaired) electrons. The molecule has 1 amide bonds. The van der Waals surface area contributed by atoms with Gasteiger partial charge in [-0.05, 0) is 24.3 Å². The number of ether oxygens (including phenoxy) is 2. The second-order valence-corrected chi connectivity index (χ2v) is 6.75. The van der Waals surface area contributed by atoms with Crippen LogP contribution in [-0.2, 0) is 9.53 Å². The van der Waals surface area contributed by atoms with Gasteiger partial charge in [-0.3, -0.25) is 4.79 Å². The zero-order chi connectivity index (χ0) is 18.6. The van der Waals surface area contributed by atoms with Gasteiger partial charge in [0.25, 0.3) is 5.91 Å². The summed E-state index contributed by atoms with van der Waals surface area (Å²) in [4.78, 5) is 18.9. The van der Waals surface area contributed by atoms with Crippen LogP contribution in [0.2, 0.25) is 5.02 Å². The van der Waals surface area contributed by atoms with Gasteiger partial charge in [0.15, 0.2) is 6.61 Å². The average Bonchev–Trinajstić information content (AvgIpc) is 2.72. The Balaban J connectivity index is 1.63. The first-order valence-electron chi connectivity index (χ1n) is 8.85. The third-order valence-electron chi connectivity index (χ3n) is 4.51. The number of morpholine rings is 1. The third kappa shape index (κ3) is 4.04. The summed E-state index contributed by atoms with van der Waals surface area (Å²) in [5, 5.41) is 1.52. The SMILES string of the molecule is O=C(COc1cc(-c2cccc(Cl)c2)nc2ccccc12)N1CCOCC1. The summed E-state index contributed by atoms with van der Waals surface area (Å²) in [6.45, 7) is 2.34. The van der Waals surface area contributed by atoms with E-state index in [1.165, 1.54) is 0 Å². The van der Waals surface area contributed by atoms with Crippen LogP contribution in [-0.4, -0.2) is 48.7 Å². The molecule has 1 fully saturated rings. The van der Waals surface area contributed by atoms with Crippen molar-refractivity contribution in [2.45, 2.75) is 0 Å². The van der Waals surface area contributed by atoms with Crippen molar-refractivity contribution in [1.29, 1.82) is 0 Å². The number of aromatic nitrogens is 1. The molecule has 1 saturated heterocycles. The molecule has 0 aliphatic carbocycles. The largest absolute Gasteiger partial charge is 0.483 e. The van der Waals surface area contributed by atoms with Crippen molar-refractivity contribution in [3.63, 3.8) is 0 Å². The van der Waals surface area contributed by atoms with Gasteiger partial charge in [0.05, 0.1) is 24.4 Å². The fraction of sp³-hybridized carbons (Fsp3) is 0.238. The van der Waals surface area contributed by atoms with Crippen LogP contribution in [0.25, 0.3) is 22.2 Å². The maximum absolute atomic E-state index is 12.4. The number of fused-ring (bicyclic) bond motifs is 1. The summed E-state index contributed by atoms with van der Waals surface area (Å²) < 4.78 is 11.2. The molecule has 0 spiro atoms. The van der Waals surface area contributed by atoms with Crippen LogP contribution in [0.3, 0.4) is 0 Å². The van der Waals surface area contributed by atoms with Gasteiger partial charge in [-0.1, -0.05) is 35.9 Å². The first-order chi connectivity index (χ1) is 13.2. The molecule has 0 bridgehead atoms. The minimum atomic E-state index is -0.0384. The van der Waals surface area contributed by atoms with Gasteiger partial charge in [-0.15, -0.1) is 0 Å². The molecule has 3 aromatic rings. The Kier molecular flexibility index (Phi) is 5.23. The van der Waals surface area contributed by atoms with Crippen molar-refractivity contribution >= 4 is 28.4 Å². The minimum Gasteiger partial charge on any atom is -0.483 e.